The summed E-state index contributed by atoms with van der Waals surface area (Å²) in [7, 11) is 0. The van der Waals surface area contributed by atoms with Gasteiger partial charge in [0, 0.05) is 34.2 Å². The zero-order chi connectivity index (χ0) is 14.1. The summed E-state index contributed by atoms with van der Waals surface area (Å²) in [5.74, 6) is -0.302. The molecule has 0 saturated carbocycles. The fraction of sp³-hybridized carbons (Fsp3) is 0.0625. The van der Waals surface area contributed by atoms with Gasteiger partial charge in [-0.25, -0.2) is 4.39 Å². The molecule has 3 aromatic rings. The Balaban J connectivity index is 2.02. The molecule has 2 aromatic carbocycles. The molecule has 0 N–H and O–H groups in total. The van der Waals surface area contributed by atoms with Crippen molar-refractivity contribution in [2.75, 3.05) is 0 Å². The first-order valence-corrected chi connectivity index (χ1v) is 6.53. The highest BCUT2D eigenvalue weighted by Gasteiger charge is 2.06. The van der Waals surface area contributed by atoms with Crippen LogP contribution in [0.4, 0.5) is 4.39 Å². The lowest BCUT2D eigenvalue weighted by molar-refractivity contribution is 0.112. The molecule has 3 rings (SSSR count). The van der Waals surface area contributed by atoms with E-state index < -0.39 is 0 Å². The lowest BCUT2D eigenvalue weighted by Crippen LogP contribution is -1.99. The SMILES string of the molecule is O=Cc1ccc2c(ccn2Cc2cc(F)ccc2Cl)c1. The topological polar surface area (TPSA) is 22.0 Å². The van der Waals surface area contributed by atoms with Crippen LogP contribution in [0, 0.1) is 5.82 Å². The summed E-state index contributed by atoms with van der Waals surface area (Å²) in [6.45, 7) is 0.487. The van der Waals surface area contributed by atoms with Crippen molar-refractivity contribution in [1.82, 2.24) is 4.57 Å². The predicted octanol–water partition coefficient (Wildman–Crippen LogP) is 4.29. The predicted molar refractivity (Wildman–Crippen MR) is 77.8 cm³/mol. The maximum Gasteiger partial charge on any atom is 0.150 e. The maximum absolute atomic E-state index is 13.3. The van der Waals surface area contributed by atoms with Crippen molar-refractivity contribution in [2.24, 2.45) is 0 Å². The summed E-state index contributed by atoms with van der Waals surface area (Å²) >= 11 is 6.09. The summed E-state index contributed by atoms with van der Waals surface area (Å²) in [6, 6.07) is 11.7. The molecule has 2 nitrogen and oxygen atoms in total. The van der Waals surface area contributed by atoms with E-state index in [0.29, 0.717) is 17.1 Å². The minimum Gasteiger partial charge on any atom is -0.343 e. The Morgan fingerprint density at radius 3 is 2.80 bits per heavy atom. The first-order valence-electron chi connectivity index (χ1n) is 6.15. The van der Waals surface area contributed by atoms with Crippen LogP contribution < -0.4 is 0 Å². The van der Waals surface area contributed by atoms with Gasteiger partial charge in [-0.05, 0) is 48.0 Å². The van der Waals surface area contributed by atoms with Gasteiger partial charge in [-0.1, -0.05) is 11.6 Å². The van der Waals surface area contributed by atoms with Crippen molar-refractivity contribution in [2.45, 2.75) is 6.54 Å². The van der Waals surface area contributed by atoms with E-state index >= 15 is 0 Å². The average Bonchev–Trinajstić information content (AvgIpc) is 2.85. The molecule has 100 valence electrons. The van der Waals surface area contributed by atoms with E-state index in [4.69, 9.17) is 11.6 Å². The average molecular weight is 288 g/mol. The van der Waals surface area contributed by atoms with Crippen LogP contribution in [0.25, 0.3) is 10.9 Å². The summed E-state index contributed by atoms with van der Waals surface area (Å²) in [4.78, 5) is 10.8. The number of aromatic nitrogens is 1. The van der Waals surface area contributed by atoms with Gasteiger partial charge in [-0.2, -0.15) is 0 Å². The third-order valence-electron chi connectivity index (χ3n) is 3.28. The van der Waals surface area contributed by atoms with Crippen molar-refractivity contribution >= 4 is 28.8 Å². The van der Waals surface area contributed by atoms with Crippen molar-refractivity contribution < 1.29 is 9.18 Å². The lowest BCUT2D eigenvalue weighted by Gasteiger charge is -2.08. The third-order valence-corrected chi connectivity index (χ3v) is 3.65. The summed E-state index contributed by atoms with van der Waals surface area (Å²) in [5, 5.41) is 1.51. The van der Waals surface area contributed by atoms with E-state index in [9.17, 15) is 9.18 Å². The monoisotopic (exact) mass is 287 g/mol. The molecule has 0 fully saturated rings. The Bertz CT molecular complexity index is 794. The Labute approximate surface area is 120 Å². The number of rotatable bonds is 3. The molecule has 0 aliphatic heterocycles. The van der Waals surface area contributed by atoms with E-state index in [0.717, 1.165) is 22.8 Å². The summed E-state index contributed by atoms with van der Waals surface area (Å²) in [6.07, 6.45) is 2.72. The normalized spacial score (nSPS) is 10.9. The van der Waals surface area contributed by atoms with Gasteiger partial charge in [0.1, 0.15) is 12.1 Å². The second-order valence-corrected chi connectivity index (χ2v) is 5.02. The smallest absolute Gasteiger partial charge is 0.150 e. The second kappa shape index (κ2) is 5.10. The number of halogens is 2. The number of carbonyl (C=O) groups excluding carboxylic acids is 1. The van der Waals surface area contributed by atoms with Crippen LogP contribution in [0.5, 0.6) is 0 Å². The number of fused-ring (bicyclic) bond motifs is 1. The number of hydrogen-bond donors (Lipinski definition) is 0. The molecule has 0 bridgehead atoms. The van der Waals surface area contributed by atoms with Gasteiger partial charge in [0.2, 0.25) is 0 Å². The van der Waals surface area contributed by atoms with Gasteiger partial charge in [-0.3, -0.25) is 4.79 Å². The van der Waals surface area contributed by atoms with Gasteiger partial charge >= 0.3 is 0 Å². The van der Waals surface area contributed by atoms with Gasteiger partial charge in [0.25, 0.3) is 0 Å². The Morgan fingerprint density at radius 2 is 2.00 bits per heavy atom. The lowest BCUT2D eigenvalue weighted by atomic mass is 10.1. The van der Waals surface area contributed by atoms with Crippen molar-refractivity contribution in [3.63, 3.8) is 0 Å². The highest BCUT2D eigenvalue weighted by Crippen LogP contribution is 2.22. The van der Waals surface area contributed by atoms with E-state index in [1.807, 2.05) is 29.0 Å². The molecule has 0 saturated heterocycles. The van der Waals surface area contributed by atoms with E-state index in [1.54, 1.807) is 12.1 Å². The van der Waals surface area contributed by atoms with Gasteiger partial charge < -0.3 is 4.57 Å². The molecule has 0 unspecified atom stereocenters. The molecular formula is C16H11ClFNO. The third kappa shape index (κ3) is 2.32. The number of nitrogens with zero attached hydrogens (tertiary/aromatic N) is 1. The van der Waals surface area contributed by atoms with Crippen LogP contribution in [0.3, 0.4) is 0 Å². The van der Waals surface area contributed by atoms with Crippen LogP contribution in [0.2, 0.25) is 5.02 Å². The number of hydrogen-bond acceptors (Lipinski definition) is 1. The first kappa shape index (κ1) is 12.9. The van der Waals surface area contributed by atoms with Crippen LogP contribution in [-0.4, -0.2) is 10.9 Å². The van der Waals surface area contributed by atoms with Gasteiger partial charge in [-0.15, -0.1) is 0 Å². The molecular weight excluding hydrogens is 277 g/mol. The molecule has 1 heterocycles. The van der Waals surface area contributed by atoms with Crippen molar-refractivity contribution in [3.05, 3.63) is 70.6 Å². The van der Waals surface area contributed by atoms with Gasteiger partial charge in [0.05, 0.1) is 0 Å². The number of benzene rings is 2. The maximum atomic E-state index is 13.3. The molecule has 0 aliphatic carbocycles. The highest BCUT2D eigenvalue weighted by molar-refractivity contribution is 6.31. The fourth-order valence-electron chi connectivity index (χ4n) is 2.28. The Kier molecular flexibility index (Phi) is 3.28. The molecule has 0 atom stereocenters. The van der Waals surface area contributed by atoms with Crippen LogP contribution in [0.15, 0.2) is 48.7 Å². The van der Waals surface area contributed by atoms with Crippen LogP contribution >= 0.6 is 11.6 Å². The largest absolute Gasteiger partial charge is 0.343 e. The zero-order valence-electron chi connectivity index (χ0n) is 10.5. The molecule has 0 spiro atoms. The number of aldehydes is 1. The minimum atomic E-state index is -0.302. The van der Waals surface area contributed by atoms with Crippen LogP contribution in [0.1, 0.15) is 15.9 Å². The first-order chi connectivity index (χ1) is 9.67. The van der Waals surface area contributed by atoms with Crippen LogP contribution in [-0.2, 0) is 6.54 Å². The van der Waals surface area contributed by atoms with E-state index in [2.05, 4.69) is 0 Å². The molecule has 4 heteroatoms. The Hall–Kier alpha value is -2.13. The van der Waals surface area contributed by atoms with Gasteiger partial charge in [0.15, 0.2) is 0 Å². The molecule has 0 radical (unpaired) electrons. The second-order valence-electron chi connectivity index (χ2n) is 4.62. The molecule has 0 amide bonds. The quantitative estimate of drug-likeness (QED) is 0.659. The van der Waals surface area contributed by atoms with Crippen molar-refractivity contribution in [3.8, 4) is 0 Å². The van der Waals surface area contributed by atoms with E-state index in [-0.39, 0.29) is 5.82 Å². The number of carbonyl (C=O) groups is 1. The highest BCUT2D eigenvalue weighted by atomic mass is 35.5. The summed E-state index contributed by atoms with van der Waals surface area (Å²) in [5.41, 5.74) is 2.35. The molecule has 0 aliphatic rings. The minimum absolute atomic E-state index is 0.302. The Morgan fingerprint density at radius 1 is 1.15 bits per heavy atom. The molecule has 20 heavy (non-hydrogen) atoms. The summed E-state index contributed by atoms with van der Waals surface area (Å²) < 4.78 is 15.3. The zero-order valence-corrected chi connectivity index (χ0v) is 11.3. The van der Waals surface area contributed by atoms with E-state index in [1.165, 1.54) is 12.1 Å². The van der Waals surface area contributed by atoms with Crippen molar-refractivity contribution in [1.29, 1.82) is 0 Å². The molecule has 1 aromatic heterocycles. The standard InChI is InChI=1S/C16H11ClFNO/c17-15-3-2-14(18)8-13(15)9-19-6-5-12-7-11(10-20)1-4-16(12)19/h1-8,10H,9H2. The fourth-order valence-corrected chi connectivity index (χ4v) is 2.46.